The van der Waals surface area contributed by atoms with Gasteiger partial charge in [0.15, 0.2) is 5.65 Å². The van der Waals surface area contributed by atoms with E-state index >= 15 is 0 Å². The summed E-state index contributed by atoms with van der Waals surface area (Å²) in [6.45, 7) is 5.72. The summed E-state index contributed by atoms with van der Waals surface area (Å²) in [6.07, 6.45) is 4.33. The number of pyridine rings is 1. The third-order valence-electron chi connectivity index (χ3n) is 11.0. The molecule has 14 heteroatoms. The molecule has 0 saturated carbocycles. The Kier molecular flexibility index (Phi) is 8.89. The minimum Gasteiger partial charge on any atom is -0.492 e. The smallest absolute Gasteiger partial charge is 0.255 e. The van der Waals surface area contributed by atoms with Crippen molar-refractivity contribution in [3.05, 3.63) is 102 Å². The van der Waals surface area contributed by atoms with Crippen molar-refractivity contribution in [3.63, 3.8) is 0 Å². The van der Waals surface area contributed by atoms with Gasteiger partial charge in [-0.15, -0.1) is 5.10 Å². The molecule has 0 radical (unpaired) electrons. The Morgan fingerprint density at radius 1 is 0.852 bits per heavy atom. The lowest BCUT2D eigenvalue weighted by atomic mass is 10.0. The van der Waals surface area contributed by atoms with Crippen molar-refractivity contribution in [1.82, 2.24) is 34.7 Å². The van der Waals surface area contributed by atoms with Crippen LogP contribution in [0.4, 0.5) is 16.0 Å². The van der Waals surface area contributed by atoms with Gasteiger partial charge in [0.05, 0.1) is 17.9 Å². The van der Waals surface area contributed by atoms with E-state index in [2.05, 4.69) is 25.0 Å². The molecule has 4 aliphatic rings. The number of piperazine rings is 1. The van der Waals surface area contributed by atoms with E-state index in [1.165, 1.54) is 6.07 Å². The SMILES string of the molecule is O=C1CCC(N2Cc3ccc(OCCN4CCN(c5cccc(-c6cnc7ccc(N8CCCC8c8cccc(F)c8)nn67)n5)CC4)cc3C2=O)C(=O)N1. The van der Waals surface area contributed by atoms with Gasteiger partial charge in [0.2, 0.25) is 11.8 Å². The molecule has 54 heavy (non-hydrogen) atoms. The molecule has 3 fully saturated rings. The Labute approximate surface area is 311 Å². The number of amides is 3. The fourth-order valence-corrected chi connectivity index (χ4v) is 8.15. The Hall–Kier alpha value is -5.89. The number of hydrogen-bond donors (Lipinski definition) is 1. The zero-order valence-corrected chi connectivity index (χ0v) is 29.7. The number of rotatable bonds is 9. The number of carbonyl (C=O) groups is 3. The summed E-state index contributed by atoms with van der Waals surface area (Å²) in [5.41, 5.74) is 4.69. The zero-order chi connectivity index (χ0) is 36.8. The summed E-state index contributed by atoms with van der Waals surface area (Å²) >= 11 is 0. The molecule has 0 spiro atoms. The molecule has 4 aliphatic heterocycles. The number of ether oxygens (including phenoxy) is 1. The standard InChI is InChI=1S/C40H40FN9O4/c41-28-5-1-4-26(22-28)32-7-3-15-48(32)37-13-12-35-42-24-34(50(35)45-37)31-6-2-8-36(43-31)47-18-16-46(17-19-47)20-21-54-29-10-9-27-25-49(40(53)30(27)23-29)33-11-14-38(51)44-39(33)52/h1-2,4-6,8-10,12-13,22-24,32-33H,3,7,11,14-21,25H2,(H,44,51,52). The molecule has 3 aromatic heterocycles. The second-order valence-electron chi connectivity index (χ2n) is 14.3. The van der Waals surface area contributed by atoms with Crippen molar-refractivity contribution in [2.45, 2.75) is 44.3 Å². The highest BCUT2D eigenvalue weighted by atomic mass is 19.1. The molecule has 5 aromatic rings. The normalized spacial score (nSPS) is 20.5. The first kappa shape index (κ1) is 33.9. The van der Waals surface area contributed by atoms with E-state index < -0.39 is 11.9 Å². The van der Waals surface area contributed by atoms with Crippen LogP contribution in [0.15, 0.2) is 79.0 Å². The van der Waals surface area contributed by atoms with E-state index in [4.69, 9.17) is 14.8 Å². The number of imide groups is 1. The van der Waals surface area contributed by atoms with Gasteiger partial charge in [0.1, 0.15) is 41.5 Å². The molecule has 3 amide bonds. The van der Waals surface area contributed by atoms with Gasteiger partial charge in [-0.2, -0.15) is 0 Å². The van der Waals surface area contributed by atoms with Crippen molar-refractivity contribution < 1.29 is 23.5 Å². The van der Waals surface area contributed by atoms with Crippen molar-refractivity contribution in [2.24, 2.45) is 0 Å². The second-order valence-corrected chi connectivity index (χ2v) is 14.3. The van der Waals surface area contributed by atoms with Crippen molar-refractivity contribution in [1.29, 1.82) is 0 Å². The minimum atomic E-state index is -0.636. The number of benzene rings is 2. The first-order chi connectivity index (χ1) is 26.4. The van der Waals surface area contributed by atoms with Gasteiger partial charge in [0, 0.05) is 57.8 Å². The number of fused-ring (bicyclic) bond motifs is 2. The van der Waals surface area contributed by atoms with E-state index in [9.17, 15) is 18.8 Å². The first-order valence-corrected chi connectivity index (χ1v) is 18.6. The number of halogens is 1. The summed E-state index contributed by atoms with van der Waals surface area (Å²) in [7, 11) is 0. The van der Waals surface area contributed by atoms with Crippen LogP contribution >= 0.6 is 0 Å². The molecular formula is C40H40FN9O4. The van der Waals surface area contributed by atoms with Gasteiger partial charge in [0.25, 0.3) is 5.91 Å². The van der Waals surface area contributed by atoms with Gasteiger partial charge in [-0.25, -0.2) is 18.9 Å². The van der Waals surface area contributed by atoms with Gasteiger partial charge >= 0.3 is 0 Å². The van der Waals surface area contributed by atoms with E-state index in [0.29, 0.717) is 30.9 Å². The largest absolute Gasteiger partial charge is 0.492 e. The number of carbonyl (C=O) groups excluding carboxylic acids is 3. The van der Waals surface area contributed by atoms with E-state index in [1.54, 1.807) is 23.1 Å². The molecule has 2 aromatic carbocycles. The number of hydrogen-bond acceptors (Lipinski definition) is 10. The maximum Gasteiger partial charge on any atom is 0.255 e. The topological polar surface area (TPSA) is 129 Å². The highest BCUT2D eigenvalue weighted by molar-refractivity contribution is 6.05. The molecule has 276 valence electrons. The maximum atomic E-state index is 14.1. The summed E-state index contributed by atoms with van der Waals surface area (Å²) in [6, 6.07) is 21.8. The molecule has 13 nitrogen and oxygen atoms in total. The van der Waals surface area contributed by atoms with E-state index in [1.807, 2.05) is 59.2 Å². The third kappa shape index (κ3) is 6.50. The van der Waals surface area contributed by atoms with Crippen LogP contribution in [0.5, 0.6) is 5.75 Å². The van der Waals surface area contributed by atoms with Crippen LogP contribution in [0, 0.1) is 5.82 Å². The lowest BCUT2D eigenvalue weighted by molar-refractivity contribution is -0.136. The Morgan fingerprint density at radius 2 is 1.72 bits per heavy atom. The summed E-state index contributed by atoms with van der Waals surface area (Å²) in [4.78, 5) is 55.2. The van der Waals surface area contributed by atoms with Crippen molar-refractivity contribution >= 4 is 35.0 Å². The molecule has 2 unspecified atom stereocenters. The molecule has 7 heterocycles. The predicted octanol–water partition coefficient (Wildman–Crippen LogP) is 4.23. The third-order valence-corrected chi connectivity index (χ3v) is 11.0. The Bertz CT molecular complexity index is 2250. The number of nitrogens with one attached hydrogen (secondary N) is 1. The minimum absolute atomic E-state index is 0.0638. The second kappa shape index (κ2) is 14.2. The monoisotopic (exact) mass is 729 g/mol. The summed E-state index contributed by atoms with van der Waals surface area (Å²) < 4.78 is 22.0. The molecule has 3 saturated heterocycles. The van der Waals surface area contributed by atoms with Crippen molar-refractivity contribution in [2.75, 3.05) is 55.7 Å². The molecule has 9 rings (SSSR count). The van der Waals surface area contributed by atoms with E-state index in [-0.39, 0.29) is 30.1 Å². The number of nitrogens with zero attached hydrogens (tertiary/aromatic N) is 8. The molecule has 0 aliphatic carbocycles. The fraction of sp³-hybridized carbons (Fsp3) is 0.350. The van der Waals surface area contributed by atoms with Crippen LogP contribution in [0.25, 0.3) is 17.0 Å². The molecule has 2 atom stereocenters. The predicted molar refractivity (Wildman–Crippen MR) is 199 cm³/mol. The zero-order valence-electron chi connectivity index (χ0n) is 29.7. The lowest BCUT2D eigenvalue weighted by Crippen LogP contribution is -2.52. The average Bonchev–Trinajstić information content (AvgIpc) is 3.93. The highest BCUT2D eigenvalue weighted by Gasteiger charge is 2.39. The summed E-state index contributed by atoms with van der Waals surface area (Å²) in [5.74, 6) is 1.19. The average molecular weight is 730 g/mol. The molecular weight excluding hydrogens is 689 g/mol. The number of anilines is 2. The van der Waals surface area contributed by atoms with Crippen molar-refractivity contribution in [3.8, 4) is 17.1 Å². The van der Waals surface area contributed by atoms with E-state index in [0.717, 1.165) is 91.9 Å². The van der Waals surface area contributed by atoms with Gasteiger partial charge in [-0.3, -0.25) is 24.6 Å². The lowest BCUT2D eigenvalue weighted by Gasteiger charge is -2.35. The maximum absolute atomic E-state index is 14.1. The highest BCUT2D eigenvalue weighted by Crippen LogP contribution is 2.36. The van der Waals surface area contributed by atoms with Crippen LogP contribution in [0.1, 0.15) is 53.2 Å². The Morgan fingerprint density at radius 3 is 2.57 bits per heavy atom. The van der Waals surface area contributed by atoms with Crippen LogP contribution in [-0.4, -0.2) is 99.0 Å². The van der Waals surface area contributed by atoms with Crippen LogP contribution in [0.2, 0.25) is 0 Å². The van der Waals surface area contributed by atoms with Gasteiger partial charge in [-0.1, -0.05) is 24.3 Å². The summed E-state index contributed by atoms with van der Waals surface area (Å²) in [5, 5.41) is 7.36. The quantitative estimate of drug-likeness (QED) is 0.220. The number of aromatic nitrogens is 4. The number of piperidine rings is 1. The molecule has 1 N–H and O–H groups in total. The van der Waals surface area contributed by atoms with Gasteiger partial charge in [-0.05, 0) is 78.9 Å². The van der Waals surface area contributed by atoms with Crippen LogP contribution in [0.3, 0.4) is 0 Å². The first-order valence-electron chi connectivity index (χ1n) is 18.6. The van der Waals surface area contributed by atoms with Gasteiger partial charge < -0.3 is 19.4 Å². The van der Waals surface area contributed by atoms with Crippen LogP contribution in [-0.2, 0) is 16.1 Å². The fourth-order valence-electron chi connectivity index (χ4n) is 8.15. The van der Waals surface area contributed by atoms with Crippen LogP contribution < -0.4 is 19.9 Å². The number of imidazole rings is 1. The molecule has 0 bridgehead atoms. The Balaban J connectivity index is 0.808.